The molecule has 1 spiro atoms. The molecule has 2 heteroatoms. The fourth-order valence-corrected chi connectivity index (χ4v) is 1.94. The SMILES string of the molecule is NCC1CNCC12CC2. The first-order valence-electron chi connectivity index (χ1n) is 3.78. The molecule has 3 N–H and O–H groups in total. The van der Waals surface area contributed by atoms with Crippen LogP contribution in [0.25, 0.3) is 0 Å². The predicted octanol–water partition coefficient (Wildman–Crippen LogP) is -0.0553. The van der Waals surface area contributed by atoms with Crippen LogP contribution in [0, 0.1) is 11.3 Å². The molecule has 1 aliphatic carbocycles. The minimum atomic E-state index is 0.675. The van der Waals surface area contributed by atoms with Crippen LogP contribution in [0.5, 0.6) is 0 Å². The van der Waals surface area contributed by atoms with Gasteiger partial charge in [0, 0.05) is 6.54 Å². The van der Waals surface area contributed by atoms with E-state index in [9.17, 15) is 0 Å². The van der Waals surface area contributed by atoms with Gasteiger partial charge >= 0.3 is 0 Å². The molecule has 0 aromatic rings. The van der Waals surface area contributed by atoms with Crippen molar-refractivity contribution in [1.82, 2.24) is 5.32 Å². The molecule has 1 unspecified atom stereocenters. The molecule has 2 nitrogen and oxygen atoms in total. The highest BCUT2D eigenvalue weighted by Gasteiger charge is 2.51. The van der Waals surface area contributed by atoms with Gasteiger partial charge in [0.25, 0.3) is 0 Å². The fraction of sp³-hybridized carbons (Fsp3) is 1.00. The van der Waals surface area contributed by atoms with Crippen LogP contribution < -0.4 is 11.1 Å². The maximum Gasteiger partial charge on any atom is 0.00116 e. The normalized spacial score (nSPS) is 37.7. The van der Waals surface area contributed by atoms with Crippen molar-refractivity contribution in [2.45, 2.75) is 12.8 Å². The van der Waals surface area contributed by atoms with Gasteiger partial charge < -0.3 is 11.1 Å². The minimum absolute atomic E-state index is 0.675. The van der Waals surface area contributed by atoms with Gasteiger partial charge in [0.2, 0.25) is 0 Å². The zero-order valence-corrected chi connectivity index (χ0v) is 5.69. The van der Waals surface area contributed by atoms with Gasteiger partial charge in [-0.3, -0.25) is 0 Å². The maximum absolute atomic E-state index is 5.61. The Morgan fingerprint density at radius 1 is 1.56 bits per heavy atom. The van der Waals surface area contributed by atoms with Crippen molar-refractivity contribution in [3.8, 4) is 0 Å². The lowest BCUT2D eigenvalue weighted by Crippen LogP contribution is -2.22. The Hall–Kier alpha value is -0.0800. The summed E-state index contributed by atoms with van der Waals surface area (Å²) in [6, 6.07) is 0. The summed E-state index contributed by atoms with van der Waals surface area (Å²) < 4.78 is 0. The predicted molar refractivity (Wildman–Crippen MR) is 37.1 cm³/mol. The maximum atomic E-state index is 5.61. The topological polar surface area (TPSA) is 38.0 Å². The third-order valence-electron chi connectivity index (χ3n) is 2.91. The number of nitrogens with one attached hydrogen (secondary N) is 1. The van der Waals surface area contributed by atoms with Crippen LogP contribution in [0.4, 0.5) is 0 Å². The van der Waals surface area contributed by atoms with E-state index in [1.807, 2.05) is 0 Å². The Labute approximate surface area is 55.8 Å². The monoisotopic (exact) mass is 126 g/mol. The number of hydrogen-bond acceptors (Lipinski definition) is 2. The molecular formula is C7H14N2. The molecule has 2 aliphatic rings. The van der Waals surface area contributed by atoms with Gasteiger partial charge in [0.05, 0.1) is 0 Å². The second kappa shape index (κ2) is 1.70. The lowest BCUT2D eigenvalue weighted by Gasteiger charge is -2.12. The Bertz CT molecular complexity index is 118. The number of rotatable bonds is 1. The van der Waals surface area contributed by atoms with E-state index in [1.165, 1.54) is 19.4 Å². The van der Waals surface area contributed by atoms with Crippen LogP contribution in [0.3, 0.4) is 0 Å². The molecule has 0 bridgehead atoms. The summed E-state index contributed by atoms with van der Waals surface area (Å²) in [7, 11) is 0. The lowest BCUT2D eigenvalue weighted by atomic mass is 9.93. The van der Waals surface area contributed by atoms with Crippen molar-refractivity contribution < 1.29 is 0 Å². The Balaban J connectivity index is 2.05. The van der Waals surface area contributed by atoms with Crippen LogP contribution in [0.2, 0.25) is 0 Å². The second-order valence-electron chi connectivity index (χ2n) is 3.43. The van der Waals surface area contributed by atoms with E-state index >= 15 is 0 Å². The summed E-state index contributed by atoms with van der Waals surface area (Å²) >= 11 is 0. The molecule has 1 heterocycles. The molecule has 1 saturated heterocycles. The highest BCUT2D eigenvalue weighted by Crippen LogP contribution is 2.53. The van der Waals surface area contributed by atoms with Gasteiger partial charge in [0.15, 0.2) is 0 Å². The first kappa shape index (κ1) is 5.69. The Morgan fingerprint density at radius 3 is 2.78 bits per heavy atom. The van der Waals surface area contributed by atoms with Crippen molar-refractivity contribution >= 4 is 0 Å². The van der Waals surface area contributed by atoms with E-state index in [1.54, 1.807) is 0 Å². The summed E-state index contributed by atoms with van der Waals surface area (Å²) in [5.74, 6) is 0.789. The van der Waals surface area contributed by atoms with E-state index in [0.29, 0.717) is 5.41 Å². The van der Waals surface area contributed by atoms with Crippen LogP contribution in [0.1, 0.15) is 12.8 Å². The standard InChI is InChI=1S/C7H14N2/c8-3-6-4-9-5-7(6)1-2-7/h6,9H,1-5,8H2. The van der Waals surface area contributed by atoms with Crippen LogP contribution in [-0.4, -0.2) is 19.6 Å². The summed E-state index contributed by atoms with van der Waals surface area (Å²) in [4.78, 5) is 0. The van der Waals surface area contributed by atoms with Crippen molar-refractivity contribution in [1.29, 1.82) is 0 Å². The molecule has 0 amide bonds. The van der Waals surface area contributed by atoms with Crippen molar-refractivity contribution in [3.05, 3.63) is 0 Å². The van der Waals surface area contributed by atoms with E-state index in [-0.39, 0.29) is 0 Å². The molecular weight excluding hydrogens is 112 g/mol. The summed E-state index contributed by atoms with van der Waals surface area (Å²) in [6.07, 6.45) is 2.84. The minimum Gasteiger partial charge on any atom is -0.330 e. The third kappa shape index (κ3) is 0.700. The summed E-state index contributed by atoms with van der Waals surface area (Å²) in [5, 5.41) is 3.40. The molecule has 2 fully saturated rings. The highest BCUT2D eigenvalue weighted by atomic mass is 15.0. The van der Waals surface area contributed by atoms with Gasteiger partial charge in [-0.05, 0) is 37.3 Å². The molecule has 0 aromatic carbocycles. The molecule has 1 atom stereocenters. The van der Waals surface area contributed by atoms with Crippen molar-refractivity contribution in [3.63, 3.8) is 0 Å². The number of nitrogens with two attached hydrogens (primary N) is 1. The van der Waals surface area contributed by atoms with E-state index < -0.39 is 0 Å². The molecule has 52 valence electrons. The van der Waals surface area contributed by atoms with E-state index in [0.717, 1.165) is 19.0 Å². The quantitative estimate of drug-likeness (QED) is 0.517. The van der Waals surface area contributed by atoms with Gasteiger partial charge in [-0.1, -0.05) is 0 Å². The zero-order valence-electron chi connectivity index (χ0n) is 5.69. The van der Waals surface area contributed by atoms with Crippen LogP contribution >= 0.6 is 0 Å². The van der Waals surface area contributed by atoms with Gasteiger partial charge in [-0.25, -0.2) is 0 Å². The Kier molecular flexibility index (Phi) is 1.08. The fourth-order valence-electron chi connectivity index (χ4n) is 1.94. The molecule has 0 aromatic heterocycles. The average molecular weight is 126 g/mol. The molecule has 9 heavy (non-hydrogen) atoms. The lowest BCUT2D eigenvalue weighted by molar-refractivity contribution is 0.407. The van der Waals surface area contributed by atoms with Crippen LogP contribution in [0.15, 0.2) is 0 Å². The third-order valence-corrected chi connectivity index (χ3v) is 2.91. The van der Waals surface area contributed by atoms with Crippen LogP contribution in [-0.2, 0) is 0 Å². The van der Waals surface area contributed by atoms with Crippen molar-refractivity contribution in [2.75, 3.05) is 19.6 Å². The highest BCUT2D eigenvalue weighted by molar-refractivity contribution is 5.04. The van der Waals surface area contributed by atoms with Gasteiger partial charge in [0.1, 0.15) is 0 Å². The van der Waals surface area contributed by atoms with Gasteiger partial charge in [-0.15, -0.1) is 0 Å². The summed E-state index contributed by atoms with van der Waals surface area (Å²) in [6.45, 7) is 3.28. The number of hydrogen-bond donors (Lipinski definition) is 2. The molecule has 2 rings (SSSR count). The largest absolute Gasteiger partial charge is 0.330 e. The first-order valence-corrected chi connectivity index (χ1v) is 3.78. The van der Waals surface area contributed by atoms with Gasteiger partial charge in [-0.2, -0.15) is 0 Å². The average Bonchev–Trinajstić information content (AvgIpc) is 2.45. The van der Waals surface area contributed by atoms with E-state index in [4.69, 9.17) is 5.73 Å². The Morgan fingerprint density at radius 2 is 2.33 bits per heavy atom. The summed E-state index contributed by atoms with van der Waals surface area (Å²) in [5.41, 5.74) is 6.28. The smallest absolute Gasteiger partial charge is 0.00116 e. The zero-order chi connectivity index (χ0) is 6.32. The van der Waals surface area contributed by atoms with E-state index in [2.05, 4.69) is 5.32 Å². The molecule has 0 radical (unpaired) electrons. The second-order valence-corrected chi connectivity index (χ2v) is 3.43. The van der Waals surface area contributed by atoms with Crippen molar-refractivity contribution in [2.24, 2.45) is 17.1 Å². The molecule has 1 aliphatic heterocycles. The first-order chi connectivity index (χ1) is 4.37. The molecule has 1 saturated carbocycles.